The first-order valence-corrected chi connectivity index (χ1v) is 11.4. The molecule has 0 aromatic heterocycles. The van der Waals surface area contributed by atoms with E-state index >= 15 is 0 Å². The zero-order valence-electron chi connectivity index (χ0n) is 19.0. The Kier molecular flexibility index (Phi) is 5.47. The van der Waals surface area contributed by atoms with Gasteiger partial charge >= 0.3 is 0 Å². The van der Waals surface area contributed by atoms with Crippen molar-refractivity contribution in [1.82, 2.24) is 0 Å². The molecule has 1 N–H and O–H groups in total. The van der Waals surface area contributed by atoms with E-state index in [9.17, 15) is 9.59 Å². The smallest absolute Gasteiger partial charge is 0.282 e. The van der Waals surface area contributed by atoms with Crippen molar-refractivity contribution in [2.24, 2.45) is 0 Å². The van der Waals surface area contributed by atoms with Crippen LogP contribution in [0, 0.1) is 13.8 Å². The van der Waals surface area contributed by atoms with E-state index in [4.69, 9.17) is 0 Å². The van der Waals surface area contributed by atoms with Crippen LogP contribution >= 0.6 is 0 Å². The van der Waals surface area contributed by atoms with Gasteiger partial charge in [0.2, 0.25) is 0 Å². The van der Waals surface area contributed by atoms with Crippen LogP contribution in [0.15, 0.2) is 78.5 Å². The molecule has 2 aliphatic rings. The number of nitrogens with one attached hydrogen (secondary N) is 1. The number of rotatable bonds is 5. The molecule has 5 rings (SSSR count). The molecule has 2 heterocycles. The van der Waals surface area contributed by atoms with Crippen LogP contribution in [0.3, 0.4) is 0 Å². The summed E-state index contributed by atoms with van der Waals surface area (Å²) in [6.45, 7) is 6.09. The van der Waals surface area contributed by atoms with Crippen LogP contribution in [0.1, 0.15) is 29.5 Å². The van der Waals surface area contributed by atoms with E-state index in [0.29, 0.717) is 17.0 Å². The minimum atomic E-state index is -0.340. The fourth-order valence-electron chi connectivity index (χ4n) is 4.71. The Morgan fingerprint density at radius 3 is 2.00 bits per heavy atom. The molecule has 2 amide bonds. The van der Waals surface area contributed by atoms with Crippen molar-refractivity contribution in [3.63, 3.8) is 0 Å². The number of carbonyl (C=O) groups excluding carboxylic acids is 2. The highest BCUT2D eigenvalue weighted by Gasteiger charge is 2.40. The molecule has 0 radical (unpaired) electrons. The molecular formula is C28H27N3O2. The highest BCUT2D eigenvalue weighted by atomic mass is 16.2. The second-order valence-corrected chi connectivity index (χ2v) is 8.77. The van der Waals surface area contributed by atoms with Gasteiger partial charge in [0.25, 0.3) is 11.8 Å². The largest absolute Gasteiger partial charge is 0.372 e. The van der Waals surface area contributed by atoms with Gasteiger partial charge in [-0.2, -0.15) is 0 Å². The molecule has 1 fully saturated rings. The van der Waals surface area contributed by atoms with Gasteiger partial charge in [0.15, 0.2) is 0 Å². The van der Waals surface area contributed by atoms with Crippen LogP contribution in [0.25, 0.3) is 5.57 Å². The number of anilines is 3. The first-order valence-electron chi connectivity index (χ1n) is 11.4. The summed E-state index contributed by atoms with van der Waals surface area (Å²) >= 11 is 0. The average molecular weight is 438 g/mol. The molecule has 0 saturated carbocycles. The Labute approximate surface area is 194 Å². The lowest BCUT2D eigenvalue weighted by atomic mass is 10.0. The van der Waals surface area contributed by atoms with Crippen LogP contribution in [0.4, 0.5) is 17.1 Å². The van der Waals surface area contributed by atoms with Gasteiger partial charge in [-0.25, -0.2) is 4.90 Å². The minimum absolute atomic E-state index is 0.305. The minimum Gasteiger partial charge on any atom is -0.372 e. The molecule has 5 nitrogen and oxygen atoms in total. The summed E-state index contributed by atoms with van der Waals surface area (Å²) in [7, 11) is 0. The van der Waals surface area contributed by atoms with Gasteiger partial charge in [-0.3, -0.25) is 9.59 Å². The number of amides is 2. The standard InChI is InChI=1S/C28H27N3O2/c1-19-16-20(2)18-24(17-19)31-27(32)25(21-8-4-3-5-9-21)26(28(31)33)29-22-10-12-23(13-11-22)30-14-6-7-15-30/h3-5,8-13,16-18,29H,6-7,14-15H2,1-2H3. The fraction of sp³-hybridized carbons (Fsp3) is 0.214. The van der Waals surface area contributed by atoms with Gasteiger partial charge in [-0.05, 0) is 79.8 Å². The molecular weight excluding hydrogens is 410 g/mol. The molecule has 5 heteroatoms. The molecule has 0 aliphatic carbocycles. The maximum atomic E-state index is 13.6. The highest BCUT2D eigenvalue weighted by molar-refractivity contribution is 6.46. The van der Waals surface area contributed by atoms with Crippen LogP contribution < -0.4 is 15.1 Å². The SMILES string of the molecule is Cc1cc(C)cc(N2C(=O)C(Nc3ccc(N4CCCC4)cc3)=C(c3ccccc3)C2=O)c1. The normalized spacial score (nSPS) is 16.2. The Hall–Kier alpha value is -3.86. The number of carbonyl (C=O) groups is 2. The summed E-state index contributed by atoms with van der Waals surface area (Å²) < 4.78 is 0. The predicted molar refractivity (Wildman–Crippen MR) is 133 cm³/mol. The van der Waals surface area contributed by atoms with Crippen molar-refractivity contribution in [2.75, 3.05) is 28.2 Å². The third-order valence-electron chi connectivity index (χ3n) is 6.22. The summed E-state index contributed by atoms with van der Waals surface area (Å²) in [5, 5.41) is 3.27. The summed E-state index contributed by atoms with van der Waals surface area (Å²) in [4.78, 5) is 30.8. The molecule has 2 aliphatic heterocycles. The van der Waals surface area contributed by atoms with E-state index in [1.165, 1.54) is 23.4 Å². The quantitative estimate of drug-likeness (QED) is 0.551. The average Bonchev–Trinajstić information content (AvgIpc) is 3.41. The zero-order chi connectivity index (χ0) is 22.9. The molecule has 3 aromatic carbocycles. The second kappa shape index (κ2) is 8.58. The van der Waals surface area contributed by atoms with Crippen molar-refractivity contribution in [1.29, 1.82) is 0 Å². The van der Waals surface area contributed by atoms with Gasteiger partial charge in [0.05, 0.1) is 11.3 Å². The van der Waals surface area contributed by atoms with E-state index in [1.54, 1.807) is 0 Å². The summed E-state index contributed by atoms with van der Waals surface area (Å²) in [5.41, 5.74) is 5.99. The number of nitrogens with zero attached hydrogens (tertiary/aromatic N) is 2. The highest BCUT2D eigenvalue weighted by Crippen LogP contribution is 2.34. The Morgan fingerprint density at radius 2 is 1.36 bits per heavy atom. The third kappa shape index (κ3) is 4.02. The van der Waals surface area contributed by atoms with Crippen LogP contribution in [-0.2, 0) is 9.59 Å². The zero-order valence-corrected chi connectivity index (χ0v) is 19.0. The number of hydrogen-bond donors (Lipinski definition) is 1. The first kappa shape index (κ1) is 21.0. The van der Waals surface area contributed by atoms with Crippen molar-refractivity contribution >= 4 is 34.4 Å². The number of benzene rings is 3. The van der Waals surface area contributed by atoms with E-state index in [-0.39, 0.29) is 11.8 Å². The van der Waals surface area contributed by atoms with Crippen molar-refractivity contribution in [3.05, 3.63) is 95.2 Å². The third-order valence-corrected chi connectivity index (χ3v) is 6.22. The molecule has 0 atom stereocenters. The van der Waals surface area contributed by atoms with Gasteiger partial charge in [0, 0.05) is 24.5 Å². The molecule has 3 aromatic rings. The topological polar surface area (TPSA) is 52.7 Å². The van der Waals surface area contributed by atoms with Gasteiger partial charge in [-0.1, -0.05) is 36.4 Å². The van der Waals surface area contributed by atoms with Gasteiger partial charge in [-0.15, -0.1) is 0 Å². The Morgan fingerprint density at radius 1 is 0.727 bits per heavy atom. The lowest BCUT2D eigenvalue weighted by Gasteiger charge is -2.18. The Balaban J connectivity index is 1.52. The molecule has 0 unspecified atom stereocenters. The van der Waals surface area contributed by atoms with E-state index in [1.807, 2.05) is 74.5 Å². The molecule has 33 heavy (non-hydrogen) atoms. The van der Waals surface area contributed by atoms with Crippen molar-refractivity contribution in [2.45, 2.75) is 26.7 Å². The number of imide groups is 1. The van der Waals surface area contributed by atoms with Crippen molar-refractivity contribution in [3.8, 4) is 0 Å². The van der Waals surface area contributed by atoms with Crippen LogP contribution in [0.2, 0.25) is 0 Å². The molecule has 166 valence electrons. The van der Waals surface area contributed by atoms with Gasteiger partial charge < -0.3 is 10.2 Å². The molecule has 1 saturated heterocycles. The lowest BCUT2D eigenvalue weighted by Crippen LogP contribution is -2.32. The maximum Gasteiger partial charge on any atom is 0.282 e. The number of aryl methyl sites for hydroxylation is 2. The maximum absolute atomic E-state index is 13.6. The van der Waals surface area contributed by atoms with Crippen LogP contribution in [-0.4, -0.2) is 24.9 Å². The Bertz CT molecular complexity index is 1220. The fourth-order valence-corrected chi connectivity index (χ4v) is 4.71. The number of hydrogen-bond acceptors (Lipinski definition) is 4. The summed E-state index contributed by atoms with van der Waals surface area (Å²) in [6, 6.07) is 23.2. The monoisotopic (exact) mass is 437 g/mol. The van der Waals surface area contributed by atoms with E-state index < -0.39 is 0 Å². The predicted octanol–water partition coefficient (Wildman–Crippen LogP) is 5.30. The van der Waals surface area contributed by atoms with Gasteiger partial charge in [0.1, 0.15) is 5.70 Å². The van der Waals surface area contributed by atoms with Crippen LogP contribution in [0.5, 0.6) is 0 Å². The summed E-state index contributed by atoms with van der Waals surface area (Å²) in [5.74, 6) is -0.653. The van der Waals surface area contributed by atoms with E-state index in [0.717, 1.165) is 35.5 Å². The molecule has 0 bridgehead atoms. The van der Waals surface area contributed by atoms with Crippen molar-refractivity contribution < 1.29 is 9.59 Å². The summed E-state index contributed by atoms with van der Waals surface area (Å²) in [6.07, 6.45) is 2.44. The first-order chi connectivity index (χ1) is 16.0. The lowest BCUT2D eigenvalue weighted by molar-refractivity contribution is -0.120. The van der Waals surface area contributed by atoms with E-state index in [2.05, 4.69) is 22.3 Å². The molecule has 0 spiro atoms. The second-order valence-electron chi connectivity index (χ2n) is 8.77.